The normalized spacial score (nSPS) is 12.1. The Bertz CT molecular complexity index is 4210. The second-order valence-electron chi connectivity index (χ2n) is 16.3. The highest BCUT2D eigenvalue weighted by Crippen LogP contribution is 2.43. The van der Waals surface area contributed by atoms with Gasteiger partial charge in [-0.05, 0) is 66.2 Å². The molecule has 14 aromatic rings. The van der Waals surface area contributed by atoms with Gasteiger partial charge in [-0.3, -0.25) is 0 Å². The van der Waals surface area contributed by atoms with Crippen LogP contribution in [0, 0.1) is 0 Å². The van der Waals surface area contributed by atoms with Gasteiger partial charge in [0.05, 0.1) is 16.6 Å². The first-order valence-corrected chi connectivity index (χ1v) is 22.2. The van der Waals surface area contributed by atoms with E-state index in [1.807, 2.05) is 42.5 Å². The monoisotopic (exact) mass is 836 g/mol. The Labute approximate surface area is 368 Å². The van der Waals surface area contributed by atoms with E-state index < -0.39 is 0 Å². The molecule has 0 unspecified atom stereocenters. The molecule has 0 aliphatic carbocycles. The number of benzene rings is 9. The van der Waals surface area contributed by atoms with Crippen LogP contribution in [0.25, 0.3) is 137 Å². The zero-order valence-corrected chi connectivity index (χ0v) is 34.8. The van der Waals surface area contributed by atoms with E-state index in [0.29, 0.717) is 17.5 Å². The van der Waals surface area contributed by atoms with Gasteiger partial charge in [0.15, 0.2) is 17.5 Å². The SMILES string of the molecule is c1ccc(-c2nc(-c3cccc4c3oc3ccc(-n5c6ccccc6c6cc(-c7cccc8c7oc7ccccc78)ccc65)cc34)nc(-c3cccc4c3sc3ccccc34)n2)cc1. The number of aromatic nitrogens is 4. The zero-order valence-electron chi connectivity index (χ0n) is 34.0. The van der Waals surface area contributed by atoms with Gasteiger partial charge in [-0.15, -0.1) is 11.3 Å². The van der Waals surface area contributed by atoms with Crippen LogP contribution in [0.3, 0.4) is 0 Å². The van der Waals surface area contributed by atoms with Crippen molar-refractivity contribution in [2.75, 3.05) is 0 Å². The number of fused-ring (bicyclic) bond motifs is 12. The molecule has 0 atom stereocenters. The number of para-hydroxylation sites is 4. The molecule has 14 rings (SSSR count). The van der Waals surface area contributed by atoms with E-state index in [2.05, 4.69) is 156 Å². The lowest BCUT2D eigenvalue weighted by Crippen LogP contribution is -2.00. The molecular formula is C57H32N4O2S. The molecule has 298 valence electrons. The summed E-state index contributed by atoms with van der Waals surface area (Å²) in [5, 5.41) is 9.04. The van der Waals surface area contributed by atoms with Crippen LogP contribution >= 0.6 is 11.3 Å². The number of nitrogens with zero attached hydrogens (tertiary/aromatic N) is 4. The van der Waals surface area contributed by atoms with E-state index in [1.165, 1.54) is 26.2 Å². The van der Waals surface area contributed by atoms with Crippen LogP contribution < -0.4 is 0 Å². The van der Waals surface area contributed by atoms with Gasteiger partial charge in [0, 0.05) is 74.9 Å². The van der Waals surface area contributed by atoms with E-state index in [1.54, 1.807) is 11.3 Å². The Balaban J connectivity index is 0.931. The molecule has 0 radical (unpaired) electrons. The highest BCUT2D eigenvalue weighted by molar-refractivity contribution is 7.26. The Hall–Kier alpha value is -8.39. The van der Waals surface area contributed by atoms with Crippen molar-refractivity contribution < 1.29 is 8.83 Å². The smallest absolute Gasteiger partial charge is 0.167 e. The van der Waals surface area contributed by atoms with Crippen molar-refractivity contribution >= 4 is 97.2 Å². The predicted molar refractivity (Wildman–Crippen MR) is 263 cm³/mol. The van der Waals surface area contributed by atoms with Gasteiger partial charge in [-0.25, -0.2) is 15.0 Å². The quantitative estimate of drug-likeness (QED) is 0.173. The van der Waals surface area contributed by atoms with Crippen LogP contribution in [0.1, 0.15) is 0 Å². The van der Waals surface area contributed by atoms with Crippen molar-refractivity contribution in [2.24, 2.45) is 0 Å². The maximum absolute atomic E-state index is 6.79. The molecule has 0 bridgehead atoms. The van der Waals surface area contributed by atoms with E-state index in [4.69, 9.17) is 23.8 Å². The van der Waals surface area contributed by atoms with Gasteiger partial charge in [-0.1, -0.05) is 133 Å². The molecule has 0 aliphatic heterocycles. The third-order valence-corrected chi connectivity index (χ3v) is 13.9. The van der Waals surface area contributed by atoms with Gasteiger partial charge in [0.2, 0.25) is 0 Å². The molecule has 0 saturated heterocycles. The summed E-state index contributed by atoms with van der Waals surface area (Å²) < 4.78 is 18.0. The minimum Gasteiger partial charge on any atom is -0.455 e. The van der Waals surface area contributed by atoms with Gasteiger partial charge in [0.25, 0.3) is 0 Å². The first-order chi connectivity index (χ1) is 31.7. The molecule has 9 aromatic carbocycles. The Kier molecular flexibility index (Phi) is 7.46. The summed E-state index contributed by atoms with van der Waals surface area (Å²) in [6.45, 7) is 0. The topological polar surface area (TPSA) is 69.9 Å². The van der Waals surface area contributed by atoms with Crippen molar-refractivity contribution in [2.45, 2.75) is 0 Å². The molecule has 7 heteroatoms. The van der Waals surface area contributed by atoms with Crippen LogP contribution in [0.2, 0.25) is 0 Å². The summed E-state index contributed by atoms with van der Waals surface area (Å²) in [6.07, 6.45) is 0. The molecule has 0 N–H and O–H groups in total. The summed E-state index contributed by atoms with van der Waals surface area (Å²) in [5.41, 5.74) is 11.5. The zero-order chi connectivity index (χ0) is 41.9. The third-order valence-electron chi connectivity index (χ3n) is 12.7. The van der Waals surface area contributed by atoms with Gasteiger partial charge in [0.1, 0.15) is 22.3 Å². The molecule has 0 fully saturated rings. The first-order valence-electron chi connectivity index (χ1n) is 21.3. The van der Waals surface area contributed by atoms with E-state index in [0.717, 1.165) is 93.1 Å². The molecule has 0 saturated carbocycles. The summed E-state index contributed by atoms with van der Waals surface area (Å²) >= 11 is 1.77. The lowest BCUT2D eigenvalue weighted by molar-refractivity contribution is 0.669. The molecule has 0 amide bonds. The lowest BCUT2D eigenvalue weighted by atomic mass is 10.0. The second kappa shape index (κ2) is 13.6. The molecule has 6 nitrogen and oxygen atoms in total. The van der Waals surface area contributed by atoms with E-state index in [-0.39, 0.29) is 0 Å². The first kappa shape index (κ1) is 35.2. The predicted octanol–water partition coefficient (Wildman–Crippen LogP) is 15.8. The van der Waals surface area contributed by atoms with Crippen molar-refractivity contribution in [1.29, 1.82) is 0 Å². The van der Waals surface area contributed by atoms with Gasteiger partial charge >= 0.3 is 0 Å². The van der Waals surface area contributed by atoms with Crippen LogP contribution in [0.5, 0.6) is 0 Å². The van der Waals surface area contributed by atoms with Gasteiger partial charge < -0.3 is 13.4 Å². The van der Waals surface area contributed by atoms with Crippen molar-refractivity contribution in [3.63, 3.8) is 0 Å². The molecular weight excluding hydrogens is 805 g/mol. The number of furan rings is 2. The number of thiophene rings is 1. The Morgan fingerprint density at radius 1 is 0.359 bits per heavy atom. The fraction of sp³-hybridized carbons (Fsp3) is 0. The third kappa shape index (κ3) is 5.22. The maximum atomic E-state index is 6.79. The summed E-state index contributed by atoms with van der Waals surface area (Å²) in [4.78, 5) is 15.5. The largest absolute Gasteiger partial charge is 0.455 e. The van der Waals surface area contributed by atoms with Crippen LogP contribution in [0.4, 0.5) is 0 Å². The van der Waals surface area contributed by atoms with Crippen molar-refractivity contribution in [1.82, 2.24) is 19.5 Å². The Morgan fingerprint density at radius 2 is 0.969 bits per heavy atom. The minimum absolute atomic E-state index is 0.559. The van der Waals surface area contributed by atoms with Crippen LogP contribution in [-0.2, 0) is 0 Å². The van der Waals surface area contributed by atoms with Gasteiger partial charge in [-0.2, -0.15) is 0 Å². The number of hydrogen-bond acceptors (Lipinski definition) is 6. The van der Waals surface area contributed by atoms with E-state index in [9.17, 15) is 0 Å². The number of rotatable bonds is 5. The maximum Gasteiger partial charge on any atom is 0.167 e. The van der Waals surface area contributed by atoms with Crippen molar-refractivity contribution in [3.8, 4) is 51.0 Å². The molecule has 5 aromatic heterocycles. The highest BCUT2D eigenvalue weighted by atomic mass is 32.1. The average Bonchev–Trinajstić information content (AvgIpc) is 4.13. The highest BCUT2D eigenvalue weighted by Gasteiger charge is 2.21. The van der Waals surface area contributed by atoms with Crippen molar-refractivity contribution in [3.05, 3.63) is 194 Å². The lowest BCUT2D eigenvalue weighted by Gasteiger charge is -2.09. The number of hydrogen-bond donors (Lipinski definition) is 0. The molecule has 64 heavy (non-hydrogen) atoms. The molecule has 0 spiro atoms. The second-order valence-corrected chi connectivity index (χ2v) is 17.3. The molecule has 5 heterocycles. The Morgan fingerprint density at radius 3 is 1.83 bits per heavy atom. The summed E-state index contributed by atoms with van der Waals surface area (Å²) in [7, 11) is 0. The fourth-order valence-electron chi connectivity index (χ4n) is 9.75. The molecule has 0 aliphatic rings. The standard InChI is InChI=1S/C57H32N4O2S/c1-2-13-33(14-3-1)55-58-56(60-57(59-55)44-23-12-21-42-39-17-6-9-26-51(39)64-54(42)44)43-22-11-20-41-46-32-35(28-30-50(46)63-53(41)43)61-47-24-7-4-15-37(47)45-31-34(27-29-48(45)61)36-18-10-19-40-38-16-5-8-25-49(38)62-52(36)40/h1-32H. The average molecular weight is 837 g/mol. The fourth-order valence-corrected chi connectivity index (χ4v) is 11.0. The van der Waals surface area contributed by atoms with E-state index >= 15 is 0 Å². The van der Waals surface area contributed by atoms with Crippen LogP contribution in [-0.4, -0.2) is 19.5 Å². The van der Waals surface area contributed by atoms with Crippen LogP contribution in [0.15, 0.2) is 203 Å². The summed E-state index contributed by atoms with van der Waals surface area (Å²) in [5.74, 6) is 1.79. The summed E-state index contributed by atoms with van der Waals surface area (Å²) in [6, 6.07) is 67.9. The minimum atomic E-state index is 0.559.